The molecule has 164 valence electrons. The van der Waals surface area contributed by atoms with E-state index < -0.39 is 34.7 Å². The summed E-state index contributed by atoms with van der Waals surface area (Å²) in [7, 11) is 2.95. The Morgan fingerprint density at radius 2 is 1.93 bits per heavy atom. The number of ether oxygens (including phenoxy) is 3. The van der Waals surface area contributed by atoms with Crippen LogP contribution in [-0.2, 0) is 19.1 Å². The number of benzene rings is 1. The number of hydrogen-bond donors (Lipinski definition) is 1. The summed E-state index contributed by atoms with van der Waals surface area (Å²) >= 11 is 0. The van der Waals surface area contributed by atoms with Crippen molar-refractivity contribution < 1.29 is 33.5 Å². The normalized spacial score (nSPS) is 21.6. The van der Waals surface area contributed by atoms with Crippen LogP contribution in [0.2, 0.25) is 0 Å². The highest BCUT2D eigenvalue weighted by Crippen LogP contribution is 2.36. The van der Waals surface area contributed by atoms with Gasteiger partial charge in [-0.1, -0.05) is 6.92 Å². The van der Waals surface area contributed by atoms with Crippen LogP contribution in [0.25, 0.3) is 0 Å². The first kappa shape index (κ1) is 23.1. The van der Waals surface area contributed by atoms with E-state index in [1.54, 1.807) is 25.1 Å². The van der Waals surface area contributed by atoms with Crippen LogP contribution in [0, 0.1) is 27.9 Å². The zero-order valence-electron chi connectivity index (χ0n) is 17.4. The second kappa shape index (κ2) is 10.0. The molecule has 30 heavy (non-hydrogen) atoms. The highest BCUT2D eigenvalue weighted by molar-refractivity contribution is 5.95. The number of nitrogens with zero attached hydrogens (tertiary/aromatic N) is 1. The van der Waals surface area contributed by atoms with Gasteiger partial charge in [0, 0.05) is 34.9 Å². The molecule has 1 amide bonds. The Bertz CT molecular complexity index is 825. The van der Waals surface area contributed by atoms with Crippen LogP contribution in [0.4, 0.5) is 5.69 Å². The highest BCUT2D eigenvalue weighted by Gasteiger charge is 2.44. The molecular formula is C20H26N2O8. The van der Waals surface area contributed by atoms with E-state index >= 15 is 0 Å². The molecule has 0 radical (unpaired) electrons. The molecular weight excluding hydrogens is 396 g/mol. The lowest BCUT2D eigenvalue weighted by molar-refractivity contribution is -0.490. The molecule has 10 nitrogen and oxygen atoms in total. The third-order valence-corrected chi connectivity index (χ3v) is 5.26. The number of carbonyl (C=O) groups excluding carboxylic acids is 3. The second-order valence-electron chi connectivity index (χ2n) is 7.33. The van der Waals surface area contributed by atoms with Crippen LogP contribution >= 0.6 is 0 Å². The number of ketones is 1. The van der Waals surface area contributed by atoms with Crippen molar-refractivity contribution in [2.75, 3.05) is 26.1 Å². The van der Waals surface area contributed by atoms with Crippen LogP contribution in [0.3, 0.4) is 0 Å². The lowest BCUT2D eigenvalue weighted by Gasteiger charge is -2.19. The Kier molecular flexibility index (Phi) is 7.73. The van der Waals surface area contributed by atoms with Gasteiger partial charge < -0.3 is 19.5 Å². The van der Waals surface area contributed by atoms with E-state index in [2.05, 4.69) is 5.32 Å². The van der Waals surface area contributed by atoms with Gasteiger partial charge in [-0.2, -0.15) is 0 Å². The van der Waals surface area contributed by atoms with Crippen LogP contribution in [0.1, 0.15) is 26.7 Å². The number of rotatable bonds is 9. The zero-order chi connectivity index (χ0) is 22.4. The molecule has 0 unspecified atom stereocenters. The molecule has 0 bridgehead atoms. The van der Waals surface area contributed by atoms with Crippen molar-refractivity contribution in [3.63, 3.8) is 0 Å². The maximum absolute atomic E-state index is 12.3. The van der Waals surface area contributed by atoms with E-state index in [1.165, 1.54) is 21.1 Å². The Balaban J connectivity index is 1.95. The van der Waals surface area contributed by atoms with Crippen molar-refractivity contribution in [3.05, 3.63) is 28.3 Å². The monoisotopic (exact) mass is 422 g/mol. The maximum Gasteiger partial charge on any atom is 0.307 e. The number of amides is 1. The molecule has 0 aliphatic heterocycles. The first-order valence-corrected chi connectivity index (χ1v) is 9.53. The predicted octanol–water partition coefficient (Wildman–Crippen LogP) is 2.08. The molecule has 0 heterocycles. The molecule has 1 aromatic carbocycles. The molecule has 1 aliphatic rings. The minimum Gasteiger partial charge on any atom is -0.493 e. The summed E-state index contributed by atoms with van der Waals surface area (Å²) in [5.74, 6) is -2.04. The van der Waals surface area contributed by atoms with Gasteiger partial charge >= 0.3 is 5.97 Å². The van der Waals surface area contributed by atoms with E-state index in [9.17, 15) is 24.5 Å². The van der Waals surface area contributed by atoms with Gasteiger partial charge in [0.15, 0.2) is 17.6 Å². The van der Waals surface area contributed by atoms with Gasteiger partial charge in [-0.15, -0.1) is 0 Å². The largest absolute Gasteiger partial charge is 0.493 e. The summed E-state index contributed by atoms with van der Waals surface area (Å²) in [6.07, 6.45) is -1.20. The lowest BCUT2D eigenvalue weighted by Crippen LogP contribution is -2.32. The summed E-state index contributed by atoms with van der Waals surface area (Å²) in [5.41, 5.74) is 0.423. The number of methoxy groups -OCH3 is 2. The SMILES string of the molecule is COc1ccc(NC(=O)[C@H](C)OC(=O)C[C@@H]2C(=O)C[C@@H](C)[C@H]2C[N+](=O)[O-])cc1OC. The van der Waals surface area contributed by atoms with Gasteiger partial charge in [-0.25, -0.2) is 0 Å². The Labute approximate surface area is 174 Å². The summed E-state index contributed by atoms with van der Waals surface area (Å²) < 4.78 is 15.5. The lowest BCUT2D eigenvalue weighted by atomic mass is 9.88. The van der Waals surface area contributed by atoms with Crippen LogP contribution in [-0.4, -0.2) is 49.5 Å². The van der Waals surface area contributed by atoms with Crippen molar-refractivity contribution in [2.24, 2.45) is 17.8 Å². The fourth-order valence-electron chi connectivity index (χ4n) is 3.64. The van der Waals surface area contributed by atoms with E-state index in [-0.39, 0.29) is 31.1 Å². The average molecular weight is 422 g/mol. The molecule has 0 saturated heterocycles. The molecule has 1 N–H and O–H groups in total. The summed E-state index contributed by atoms with van der Waals surface area (Å²) in [6, 6.07) is 4.79. The minimum atomic E-state index is -1.12. The first-order valence-electron chi connectivity index (χ1n) is 9.53. The second-order valence-corrected chi connectivity index (χ2v) is 7.33. The van der Waals surface area contributed by atoms with Crippen molar-refractivity contribution in [3.8, 4) is 11.5 Å². The third-order valence-electron chi connectivity index (χ3n) is 5.26. The van der Waals surface area contributed by atoms with Gasteiger partial charge in [-0.3, -0.25) is 24.5 Å². The number of anilines is 1. The van der Waals surface area contributed by atoms with Crippen LogP contribution < -0.4 is 14.8 Å². The number of esters is 1. The fourth-order valence-corrected chi connectivity index (χ4v) is 3.64. The third kappa shape index (κ3) is 5.68. The number of nitrogens with one attached hydrogen (secondary N) is 1. The van der Waals surface area contributed by atoms with E-state index in [0.717, 1.165) is 0 Å². The van der Waals surface area contributed by atoms with Crippen LogP contribution in [0.5, 0.6) is 11.5 Å². The standard InChI is InChI=1S/C20H26N2O8/c1-11-7-16(23)14(15(11)10-22(26)27)9-19(24)30-12(2)20(25)21-13-5-6-17(28-3)18(8-13)29-4/h5-6,8,11-12,14-15H,7,9-10H2,1-4H3,(H,21,25)/t11-,12+,14+,15-/m1/s1. The topological polar surface area (TPSA) is 134 Å². The predicted molar refractivity (Wildman–Crippen MR) is 106 cm³/mol. The summed E-state index contributed by atoms with van der Waals surface area (Å²) in [6.45, 7) is 2.79. The molecule has 1 fully saturated rings. The van der Waals surface area contributed by atoms with Crippen molar-refractivity contribution in [2.45, 2.75) is 32.8 Å². The first-order chi connectivity index (χ1) is 14.2. The Hall–Kier alpha value is -3.17. The van der Waals surface area contributed by atoms with Gasteiger partial charge in [0.2, 0.25) is 6.54 Å². The number of carbonyl (C=O) groups is 3. The van der Waals surface area contributed by atoms with Crippen molar-refractivity contribution in [1.29, 1.82) is 0 Å². The van der Waals surface area contributed by atoms with Gasteiger partial charge in [0.05, 0.1) is 20.6 Å². The Morgan fingerprint density at radius 1 is 1.27 bits per heavy atom. The molecule has 0 spiro atoms. The van der Waals surface area contributed by atoms with E-state index in [4.69, 9.17) is 14.2 Å². The Morgan fingerprint density at radius 3 is 2.53 bits per heavy atom. The van der Waals surface area contributed by atoms with E-state index in [1.807, 2.05) is 0 Å². The molecule has 4 atom stereocenters. The summed E-state index contributed by atoms with van der Waals surface area (Å²) in [4.78, 5) is 47.2. The zero-order valence-corrected chi connectivity index (χ0v) is 17.4. The van der Waals surface area contributed by atoms with Crippen LogP contribution in [0.15, 0.2) is 18.2 Å². The molecule has 10 heteroatoms. The minimum absolute atomic E-state index is 0.175. The summed E-state index contributed by atoms with van der Waals surface area (Å²) in [5, 5.41) is 13.5. The van der Waals surface area contributed by atoms with E-state index in [0.29, 0.717) is 17.2 Å². The molecule has 1 saturated carbocycles. The highest BCUT2D eigenvalue weighted by atomic mass is 16.6. The molecule has 2 rings (SSSR count). The average Bonchev–Trinajstić information content (AvgIpc) is 2.94. The van der Waals surface area contributed by atoms with Gasteiger partial charge in [-0.05, 0) is 25.0 Å². The molecule has 1 aromatic rings. The molecule has 1 aliphatic carbocycles. The molecule has 0 aromatic heterocycles. The quantitative estimate of drug-likeness (QED) is 0.363. The number of Topliss-reactive ketones (excluding diaryl/α,β-unsaturated/α-hetero) is 1. The van der Waals surface area contributed by atoms with Crippen molar-refractivity contribution in [1.82, 2.24) is 0 Å². The van der Waals surface area contributed by atoms with Gasteiger partial charge in [0.25, 0.3) is 5.91 Å². The van der Waals surface area contributed by atoms with Gasteiger partial charge in [0.1, 0.15) is 5.78 Å². The fraction of sp³-hybridized carbons (Fsp3) is 0.550. The van der Waals surface area contributed by atoms with Crippen molar-refractivity contribution >= 4 is 23.3 Å². The number of nitro groups is 1. The smallest absolute Gasteiger partial charge is 0.307 e. The number of hydrogen-bond acceptors (Lipinski definition) is 8. The maximum atomic E-state index is 12.3.